The predicted octanol–water partition coefficient (Wildman–Crippen LogP) is 4.81. The Morgan fingerprint density at radius 3 is 2.55 bits per heavy atom. The van der Waals surface area contributed by atoms with Crippen LogP contribution in [0.2, 0.25) is 0 Å². The summed E-state index contributed by atoms with van der Waals surface area (Å²) in [5.41, 5.74) is 14.1. The zero-order valence-electron chi connectivity index (χ0n) is 16.4. The van der Waals surface area contributed by atoms with Crippen molar-refractivity contribution in [3.8, 4) is 33.6 Å². The fraction of sp³-hybridized carbons (Fsp3) is 0. The first-order chi connectivity index (χ1) is 15.3. The summed E-state index contributed by atoms with van der Waals surface area (Å²) in [5, 5.41) is 9.62. The smallest absolute Gasteiger partial charge is 0.155 e. The minimum atomic E-state index is 0.614. The minimum absolute atomic E-state index is 0.614. The van der Waals surface area contributed by atoms with Gasteiger partial charge in [0, 0.05) is 64.0 Å². The van der Waals surface area contributed by atoms with E-state index in [4.69, 9.17) is 5.73 Å². The number of hydrogen-bond acceptors (Lipinski definition) is 5. The van der Waals surface area contributed by atoms with Gasteiger partial charge in [0.2, 0.25) is 0 Å². The molecule has 0 bridgehead atoms. The van der Waals surface area contributed by atoms with E-state index < -0.39 is 0 Å². The van der Waals surface area contributed by atoms with Crippen molar-refractivity contribution in [1.29, 1.82) is 0 Å². The molecule has 0 amide bonds. The van der Waals surface area contributed by atoms with E-state index in [1.54, 1.807) is 24.8 Å². The van der Waals surface area contributed by atoms with Crippen molar-refractivity contribution in [1.82, 2.24) is 30.1 Å². The second-order valence-electron chi connectivity index (χ2n) is 7.39. The minimum Gasteiger partial charge on any atom is -0.397 e. The largest absolute Gasteiger partial charge is 0.397 e. The van der Waals surface area contributed by atoms with Gasteiger partial charge < -0.3 is 10.7 Å². The molecule has 148 valence electrons. The molecule has 5 aromatic heterocycles. The topological polar surface area (TPSA) is 109 Å². The maximum Gasteiger partial charge on any atom is 0.155 e. The van der Waals surface area contributed by atoms with Crippen LogP contribution in [0.4, 0.5) is 5.69 Å². The van der Waals surface area contributed by atoms with Gasteiger partial charge in [-0.1, -0.05) is 18.2 Å². The summed E-state index contributed by atoms with van der Waals surface area (Å²) in [7, 11) is 0. The third kappa shape index (κ3) is 2.91. The molecule has 0 aliphatic carbocycles. The first kappa shape index (κ1) is 17.3. The first-order valence-corrected chi connectivity index (χ1v) is 9.84. The van der Waals surface area contributed by atoms with E-state index >= 15 is 0 Å². The van der Waals surface area contributed by atoms with E-state index in [0.29, 0.717) is 5.69 Å². The molecule has 0 saturated heterocycles. The number of aromatic amines is 2. The Bertz CT molecular complexity index is 1550. The normalized spacial score (nSPS) is 11.4. The number of pyridine rings is 3. The second-order valence-corrected chi connectivity index (χ2v) is 7.39. The van der Waals surface area contributed by atoms with Gasteiger partial charge in [-0.25, -0.2) is 4.98 Å². The summed E-state index contributed by atoms with van der Waals surface area (Å²) in [6, 6.07) is 16.3. The lowest BCUT2D eigenvalue weighted by atomic mass is 10.0. The number of aromatic nitrogens is 6. The number of nitrogens with one attached hydrogen (secondary N) is 2. The Kier molecular flexibility index (Phi) is 3.79. The van der Waals surface area contributed by atoms with Crippen molar-refractivity contribution < 1.29 is 0 Å². The van der Waals surface area contributed by atoms with Crippen molar-refractivity contribution in [3.05, 3.63) is 79.5 Å². The molecule has 0 spiro atoms. The van der Waals surface area contributed by atoms with E-state index in [9.17, 15) is 0 Å². The van der Waals surface area contributed by atoms with Gasteiger partial charge in [0.15, 0.2) is 5.65 Å². The van der Waals surface area contributed by atoms with Crippen molar-refractivity contribution in [2.24, 2.45) is 0 Å². The van der Waals surface area contributed by atoms with E-state index in [2.05, 4.69) is 60.5 Å². The summed E-state index contributed by atoms with van der Waals surface area (Å²) >= 11 is 0. The number of nitrogens with zero attached hydrogens (tertiary/aromatic N) is 4. The highest BCUT2D eigenvalue weighted by Gasteiger charge is 2.15. The van der Waals surface area contributed by atoms with Crippen LogP contribution in [0.15, 0.2) is 79.5 Å². The number of anilines is 1. The maximum atomic E-state index is 5.90. The SMILES string of the molecule is Nc1cncc(-c2cnc3[nH]nc(-c4cc5c(-c6cccnc6)cccc5[nH]4)c3c2)c1. The molecular formula is C24H17N7. The van der Waals surface area contributed by atoms with Gasteiger partial charge in [-0.05, 0) is 35.9 Å². The van der Waals surface area contributed by atoms with E-state index in [1.165, 1.54) is 0 Å². The highest BCUT2D eigenvalue weighted by molar-refractivity contribution is 6.01. The van der Waals surface area contributed by atoms with Crippen molar-refractivity contribution in [3.63, 3.8) is 0 Å². The van der Waals surface area contributed by atoms with Crippen LogP contribution >= 0.6 is 0 Å². The number of rotatable bonds is 3. The average Bonchev–Trinajstić information content (AvgIpc) is 3.43. The van der Waals surface area contributed by atoms with E-state index in [0.717, 1.165) is 55.6 Å². The Hall–Kier alpha value is -4.52. The molecule has 0 aliphatic rings. The Balaban J connectivity index is 1.51. The summed E-state index contributed by atoms with van der Waals surface area (Å²) in [6.07, 6.45) is 8.86. The second kappa shape index (κ2) is 6.77. The van der Waals surface area contributed by atoms with Crippen LogP contribution < -0.4 is 5.73 Å². The maximum absolute atomic E-state index is 5.90. The van der Waals surface area contributed by atoms with Crippen LogP contribution in [0.5, 0.6) is 0 Å². The number of benzene rings is 1. The lowest BCUT2D eigenvalue weighted by molar-refractivity contribution is 1.10. The summed E-state index contributed by atoms with van der Waals surface area (Å²) in [4.78, 5) is 16.5. The Labute approximate surface area is 177 Å². The van der Waals surface area contributed by atoms with Crippen molar-refractivity contribution >= 4 is 27.6 Å². The van der Waals surface area contributed by atoms with Crippen LogP contribution in [0.1, 0.15) is 0 Å². The van der Waals surface area contributed by atoms with Gasteiger partial charge in [-0.15, -0.1) is 0 Å². The molecule has 0 fully saturated rings. The predicted molar refractivity (Wildman–Crippen MR) is 122 cm³/mol. The van der Waals surface area contributed by atoms with Gasteiger partial charge in [-0.3, -0.25) is 15.1 Å². The lowest BCUT2D eigenvalue weighted by Crippen LogP contribution is -1.88. The quantitative estimate of drug-likeness (QED) is 0.393. The molecule has 6 rings (SSSR count). The van der Waals surface area contributed by atoms with Crippen LogP contribution in [-0.2, 0) is 0 Å². The fourth-order valence-corrected chi connectivity index (χ4v) is 3.94. The van der Waals surface area contributed by atoms with Crippen LogP contribution in [-0.4, -0.2) is 30.1 Å². The third-order valence-corrected chi connectivity index (χ3v) is 5.40. The van der Waals surface area contributed by atoms with Gasteiger partial charge in [0.05, 0.1) is 11.4 Å². The average molecular weight is 403 g/mol. The molecule has 0 aliphatic heterocycles. The number of nitrogens with two attached hydrogens (primary N) is 1. The molecule has 0 atom stereocenters. The molecule has 7 heteroatoms. The molecule has 5 heterocycles. The zero-order chi connectivity index (χ0) is 20.8. The molecule has 1 aromatic carbocycles. The van der Waals surface area contributed by atoms with Gasteiger partial charge in [0.1, 0.15) is 5.69 Å². The molecule has 0 unspecified atom stereocenters. The van der Waals surface area contributed by atoms with Crippen LogP contribution in [0.3, 0.4) is 0 Å². The molecule has 31 heavy (non-hydrogen) atoms. The number of H-pyrrole nitrogens is 2. The Morgan fingerprint density at radius 2 is 1.68 bits per heavy atom. The summed E-state index contributed by atoms with van der Waals surface area (Å²) < 4.78 is 0. The van der Waals surface area contributed by atoms with Crippen molar-refractivity contribution in [2.45, 2.75) is 0 Å². The number of nitrogen functional groups attached to an aromatic ring is 1. The first-order valence-electron chi connectivity index (χ1n) is 9.84. The van der Waals surface area contributed by atoms with E-state index in [-0.39, 0.29) is 0 Å². The zero-order valence-corrected chi connectivity index (χ0v) is 16.4. The van der Waals surface area contributed by atoms with Crippen LogP contribution in [0.25, 0.3) is 55.6 Å². The molecule has 0 saturated carbocycles. The highest BCUT2D eigenvalue weighted by atomic mass is 15.2. The molecular weight excluding hydrogens is 386 g/mol. The summed E-state index contributed by atoms with van der Waals surface area (Å²) in [6.45, 7) is 0. The number of hydrogen-bond donors (Lipinski definition) is 3. The molecule has 7 nitrogen and oxygen atoms in total. The van der Waals surface area contributed by atoms with Crippen molar-refractivity contribution in [2.75, 3.05) is 5.73 Å². The fourth-order valence-electron chi connectivity index (χ4n) is 3.94. The van der Waals surface area contributed by atoms with Gasteiger partial charge >= 0.3 is 0 Å². The highest BCUT2D eigenvalue weighted by Crippen LogP contribution is 2.34. The lowest BCUT2D eigenvalue weighted by Gasteiger charge is -2.02. The third-order valence-electron chi connectivity index (χ3n) is 5.40. The molecule has 0 radical (unpaired) electrons. The van der Waals surface area contributed by atoms with Crippen LogP contribution in [0, 0.1) is 0 Å². The Morgan fingerprint density at radius 1 is 0.774 bits per heavy atom. The summed E-state index contributed by atoms with van der Waals surface area (Å²) in [5.74, 6) is 0. The monoisotopic (exact) mass is 403 g/mol. The van der Waals surface area contributed by atoms with E-state index in [1.807, 2.05) is 24.4 Å². The van der Waals surface area contributed by atoms with Gasteiger partial charge in [0.25, 0.3) is 0 Å². The molecule has 6 aromatic rings. The standard InChI is InChI=1S/C24H17N7/c25-17-7-15(11-27-13-17)16-8-20-23(30-31-24(20)28-12-16)22-9-19-18(4-1-5-21(19)29-22)14-3-2-6-26-10-14/h1-13,29H,25H2,(H,28,30,31). The van der Waals surface area contributed by atoms with Gasteiger partial charge in [-0.2, -0.15) is 5.10 Å². The molecule has 4 N–H and O–H groups in total. The number of fused-ring (bicyclic) bond motifs is 2.